The summed E-state index contributed by atoms with van der Waals surface area (Å²) < 4.78 is 1.07. The highest BCUT2D eigenvalue weighted by molar-refractivity contribution is 9.10. The molecule has 0 heterocycles. The van der Waals surface area contributed by atoms with E-state index in [9.17, 15) is 0 Å². The maximum absolute atomic E-state index is 5.19. The minimum atomic E-state index is 0. The van der Waals surface area contributed by atoms with Crippen LogP contribution in [0.25, 0.3) is 5.57 Å². The van der Waals surface area contributed by atoms with E-state index < -0.39 is 0 Å². The number of hydrogen-bond acceptors (Lipinski definition) is 1. The van der Waals surface area contributed by atoms with Gasteiger partial charge in [0.1, 0.15) is 0 Å². The SMILES string of the molecule is C#CCNC(C)C(=C)c1ccc(Br)cc1.Cl. The number of hydrogen-bond donors (Lipinski definition) is 1. The molecule has 0 amide bonds. The topological polar surface area (TPSA) is 12.0 Å². The second kappa shape index (κ2) is 7.51. The van der Waals surface area contributed by atoms with Crippen LogP contribution < -0.4 is 5.32 Å². The molecule has 0 saturated heterocycles. The highest BCUT2D eigenvalue weighted by Gasteiger charge is 2.06. The zero-order chi connectivity index (χ0) is 11.3. The third-order valence-electron chi connectivity index (χ3n) is 2.25. The molecule has 1 aromatic carbocycles. The van der Waals surface area contributed by atoms with Gasteiger partial charge < -0.3 is 0 Å². The van der Waals surface area contributed by atoms with Crippen molar-refractivity contribution in [1.82, 2.24) is 5.32 Å². The molecular weight excluding hydrogens is 286 g/mol. The normalized spacial score (nSPS) is 11.1. The average molecular weight is 301 g/mol. The molecule has 1 atom stereocenters. The molecule has 1 nitrogen and oxygen atoms in total. The van der Waals surface area contributed by atoms with Gasteiger partial charge in [-0.3, -0.25) is 5.32 Å². The van der Waals surface area contributed by atoms with E-state index in [-0.39, 0.29) is 18.4 Å². The Kier molecular flexibility index (Phi) is 7.16. The predicted molar refractivity (Wildman–Crippen MR) is 76.7 cm³/mol. The van der Waals surface area contributed by atoms with Crippen molar-refractivity contribution in [3.63, 3.8) is 0 Å². The predicted octanol–water partition coefficient (Wildman–Crippen LogP) is 3.50. The van der Waals surface area contributed by atoms with Crippen LogP contribution in [-0.4, -0.2) is 12.6 Å². The number of terminal acetylenes is 1. The van der Waals surface area contributed by atoms with E-state index in [2.05, 4.69) is 40.7 Å². The first-order chi connectivity index (χ1) is 7.15. The lowest BCUT2D eigenvalue weighted by molar-refractivity contribution is 0.708. The van der Waals surface area contributed by atoms with Crippen molar-refractivity contribution in [3.8, 4) is 12.3 Å². The maximum atomic E-state index is 5.19. The lowest BCUT2D eigenvalue weighted by Crippen LogP contribution is -2.27. The summed E-state index contributed by atoms with van der Waals surface area (Å²) in [7, 11) is 0. The van der Waals surface area contributed by atoms with E-state index in [1.807, 2.05) is 24.3 Å². The summed E-state index contributed by atoms with van der Waals surface area (Å²) in [6.07, 6.45) is 5.19. The van der Waals surface area contributed by atoms with Crippen molar-refractivity contribution in [2.75, 3.05) is 6.54 Å². The van der Waals surface area contributed by atoms with Crippen LogP contribution in [0.4, 0.5) is 0 Å². The fourth-order valence-corrected chi connectivity index (χ4v) is 1.51. The molecule has 0 aliphatic rings. The number of nitrogens with one attached hydrogen (secondary N) is 1. The third-order valence-corrected chi connectivity index (χ3v) is 2.78. The van der Waals surface area contributed by atoms with Crippen LogP contribution in [-0.2, 0) is 0 Å². The van der Waals surface area contributed by atoms with Crippen LogP contribution in [0.5, 0.6) is 0 Å². The first-order valence-electron chi connectivity index (χ1n) is 4.76. The van der Waals surface area contributed by atoms with Gasteiger partial charge in [-0.25, -0.2) is 0 Å². The molecule has 1 aromatic rings. The average Bonchev–Trinajstić information content (AvgIpc) is 2.26. The van der Waals surface area contributed by atoms with Gasteiger partial charge in [0.15, 0.2) is 0 Å². The molecular formula is C13H15BrClN. The van der Waals surface area contributed by atoms with Gasteiger partial charge >= 0.3 is 0 Å². The Morgan fingerprint density at radius 2 is 2.06 bits per heavy atom. The van der Waals surface area contributed by atoms with Gasteiger partial charge in [-0.1, -0.05) is 40.6 Å². The summed E-state index contributed by atoms with van der Waals surface area (Å²) in [5, 5.41) is 3.20. The van der Waals surface area contributed by atoms with Crippen LogP contribution >= 0.6 is 28.3 Å². The van der Waals surface area contributed by atoms with E-state index in [0.29, 0.717) is 6.54 Å². The minimum absolute atomic E-state index is 0. The Morgan fingerprint density at radius 1 is 1.50 bits per heavy atom. The third kappa shape index (κ3) is 4.40. The van der Waals surface area contributed by atoms with Crippen molar-refractivity contribution in [3.05, 3.63) is 40.9 Å². The maximum Gasteiger partial charge on any atom is 0.0578 e. The smallest absolute Gasteiger partial charge is 0.0578 e. The van der Waals surface area contributed by atoms with Gasteiger partial charge in [0, 0.05) is 10.5 Å². The van der Waals surface area contributed by atoms with Crippen LogP contribution in [0.2, 0.25) is 0 Å². The van der Waals surface area contributed by atoms with Crippen molar-refractivity contribution >= 4 is 33.9 Å². The Balaban J connectivity index is 0.00000225. The van der Waals surface area contributed by atoms with Crippen molar-refractivity contribution in [1.29, 1.82) is 0 Å². The van der Waals surface area contributed by atoms with E-state index in [1.54, 1.807) is 0 Å². The molecule has 0 saturated carbocycles. The summed E-state index contributed by atoms with van der Waals surface area (Å²) in [6.45, 7) is 6.68. The molecule has 86 valence electrons. The summed E-state index contributed by atoms with van der Waals surface area (Å²) in [5.41, 5.74) is 2.19. The van der Waals surface area contributed by atoms with E-state index in [4.69, 9.17) is 6.42 Å². The molecule has 0 spiro atoms. The fraction of sp³-hybridized carbons (Fsp3) is 0.231. The second-order valence-corrected chi connectivity index (χ2v) is 4.25. The lowest BCUT2D eigenvalue weighted by Gasteiger charge is -2.15. The minimum Gasteiger partial charge on any atom is -0.300 e. The van der Waals surface area contributed by atoms with Crippen LogP contribution in [0.1, 0.15) is 12.5 Å². The van der Waals surface area contributed by atoms with Crippen molar-refractivity contribution < 1.29 is 0 Å². The van der Waals surface area contributed by atoms with Crippen molar-refractivity contribution in [2.24, 2.45) is 0 Å². The van der Waals surface area contributed by atoms with Gasteiger partial charge in [0.2, 0.25) is 0 Å². The van der Waals surface area contributed by atoms with Crippen LogP contribution in [0.3, 0.4) is 0 Å². The zero-order valence-electron chi connectivity index (χ0n) is 9.16. The molecule has 1 rings (SSSR count). The monoisotopic (exact) mass is 299 g/mol. The molecule has 1 N–H and O–H groups in total. The molecule has 0 fully saturated rings. The molecule has 1 unspecified atom stereocenters. The van der Waals surface area contributed by atoms with Crippen LogP contribution in [0.15, 0.2) is 35.3 Å². The Bertz CT molecular complexity index is 378. The van der Waals surface area contributed by atoms with Crippen molar-refractivity contribution in [2.45, 2.75) is 13.0 Å². The number of benzene rings is 1. The lowest BCUT2D eigenvalue weighted by atomic mass is 10.0. The molecule has 0 aliphatic carbocycles. The summed E-state index contributed by atoms with van der Waals surface area (Å²) in [5.74, 6) is 2.55. The van der Waals surface area contributed by atoms with E-state index in [0.717, 1.165) is 15.6 Å². The molecule has 3 heteroatoms. The second-order valence-electron chi connectivity index (χ2n) is 3.34. The molecule has 0 bridgehead atoms. The van der Waals surface area contributed by atoms with Gasteiger partial charge in [-0.2, -0.15) is 0 Å². The van der Waals surface area contributed by atoms with Gasteiger partial charge in [0.05, 0.1) is 6.54 Å². The molecule has 0 radical (unpaired) electrons. The fourth-order valence-electron chi connectivity index (χ4n) is 1.25. The molecule has 0 aromatic heterocycles. The van der Waals surface area contributed by atoms with Gasteiger partial charge in [-0.05, 0) is 30.2 Å². The summed E-state index contributed by atoms with van der Waals surface area (Å²) in [4.78, 5) is 0. The summed E-state index contributed by atoms with van der Waals surface area (Å²) in [6, 6.07) is 8.30. The van der Waals surface area contributed by atoms with Gasteiger partial charge in [0.25, 0.3) is 0 Å². The standard InChI is InChI=1S/C13H14BrN.ClH/c1-4-9-15-11(3)10(2)12-5-7-13(14)8-6-12;/h1,5-8,11,15H,2,9H2,3H3;1H. The Hall–Kier alpha value is -0.750. The van der Waals surface area contributed by atoms with Gasteiger partial charge in [-0.15, -0.1) is 18.8 Å². The Morgan fingerprint density at radius 3 is 2.56 bits per heavy atom. The van der Waals surface area contributed by atoms with Crippen LogP contribution in [0, 0.1) is 12.3 Å². The van der Waals surface area contributed by atoms with E-state index >= 15 is 0 Å². The highest BCUT2D eigenvalue weighted by Crippen LogP contribution is 2.18. The number of rotatable bonds is 4. The Labute approximate surface area is 112 Å². The molecule has 0 aliphatic heterocycles. The first kappa shape index (κ1) is 15.2. The molecule has 16 heavy (non-hydrogen) atoms. The zero-order valence-corrected chi connectivity index (χ0v) is 11.6. The van der Waals surface area contributed by atoms with E-state index in [1.165, 1.54) is 0 Å². The highest BCUT2D eigenvalue weighted by atomic mass is 79.9. The largest absolute Gasteiger partial charge is 0.300 e. The first-order valence-corrected chi connectivity index (χ1v) is 5.56. The number of halogens is 2. The summed E-state index contributed by atoms with van der Waals surface area (Å²) >= 11 is 3.40. The quantitative estimate of drug-likeness (QED) is 0.839.